The van der Waals surface area contributed by atoms with Crippen molar-refractivity contribution in [2.45, 2.75) is 20.8 Å². The molecule has 0 saturated carbocycles. The molecule has 1 heterocycles. The van der Waals surface area contributed by atoms with Crippen LogP contribution < -0.4 is 0 Å². The molecule has 0 spiro atoms. The lowest BCUT2D eigenvalue weighted by Crippen LogP contribution is -1.94. The first-order valence-corrected chi connectivity index (χ1v) is 19.1. The fourth-order valence-electron chi connectivity index (χ4n) is 9.11. The van der Waals surface area contributed by atoms with E-state index in [-0.39, 0.29) is 0 Å². The Morgan fingerprint density at radius 3 is 1.44 bits per heavy atom. The van der Waals surface area contributed by atoms with Gasteiger partial charge in [0.2, 0.25) is 0 Å². The number of nitrogens with zero attached hydrogens (tertiary/aromatic N) is 1. The third-order valence-electron chi connectivity index (χ3n) is 11.3. The van der Waals surface area contributed by atoms with Crippen LogP contribution in [0.1, 0.15) is 16.7 Å². The molecule has 0 bridgehead atoms. The average Bonchev–Trinajstić information content (AvgIpc) is 3.22. The molecular weight excluding hydrogens is 663 g/mol. The van der Waals surface area contributed by atoms with Crippen molar-refractivity contribution in [1.29, 1.82) is 0 Å². The van der Waals surface area contributed by atoms with E-state index < -0.39 is 0 Å². The van der Waals surface area contributed by atoms with Crippen molar-refractivity contribution >= 4 is 43.1 Å². The van der Waals surface area contributed by atoms with E-state index in [1.54, 1.807) is 0 Å². The molecule has 10 aromatic rings. The summed E-state index contributed by atoms with van der Waals surface area (Å²) < 4.78 is 0. The molecular formula is C54H39N. The second kappa shape index (κ2) is 13.2. The van der Waals surface area contributed by atoms with E-state index in [0.29, 0.717) is 0 Å². The molecule has 0 radical (unpaired) electrons. The smallest absolute Gasteiger partial charge is 0.0715 e. The van der Waals surface area contributed by atoms with Gasteiger partial charge in [-0.15, -0.1) is 0 Å². The summed E-state index contributed by atoms with van der Waals surface area (Å²) in [5.74, 6) is 0. The van der Waals surface area contributed by atoms with Gasteiger partial charge in [0.05, 0.1) is 11.4 Å². The molecule has 0 fully saturated rings. The Balaban J connectivity index is 1.17. The SMILES string of the molecule is Cc1cc(C)c(-c2cccc3c(-c4c5ccccc5c(-c5cccc(-c6cccc(-c7cccc8ccccc78)n6)c5)c5ccccc45)cccc23)c(C)c1. The highest BCUT2D eigenvalue weighted by Gasteiger charge is 2.20. The second-order valence-electron chi connectivity index (χ2n) is 14.8. The average molecular weight is 702 g/mol. The van der Waals surface area contributed by atoms with Crippen molar-refractivity contribution in [2.24, 2.45) is 0 Å². The van der Waals surface area contributed by atoms with Crippen molar-refractivity contribution in [1.82, 2.24) is 4.98 Å². The minimum absolute atomic E-state index is 0.961. The first-order valence-electron chi connectivity index (χ1n) is 19.1. The van der Waals surface area contributed by atoms with Gasteiger partial charge in [0, 0.05) is 11.1 Å². The van der Waals surface area contributed by atoms with Gasteiger partial charge < -0.3 is 0 Å². The number of fused-ring (bicyclic) bond motifs is 4. The lowest BCUT2D eigenvalue weighted by molar-refractivity contribution is 1.32. The van der Waals surface area contributed by atoms with Gasteiger partial charge in [-0.1, -0.05) is 169 Å². The molecule has 1 heteroatoms. The fourth-order valence-corrected chi connectivity index (χ4v) is 9.11. The number of aromatic nitrogens is 1. The molecule has 0 aliphatic carbocycles. The summed E-state index contributed by atoms with van der Waals surface area (Å²) in [4.78, 5) is 5.25. The topological polar surface area (TPSA) is 12.9 Å². The van der Waals surface area contributed by atoms with Gasteiger partial charge in [0.25, 0.3) is 0 Å². The Kier molecular flexibility index (Phi) is 7.89. The molecule has 55 heavy (non-hydrogen) atoms. The van der Waals surface area contributed by atoms with E-state index in [1.807, 2.05) is 0 Å². The summed E-state index contributed by atoms with van der Waals surface area (Å²) in [7, 11) is 0. The minimum Gasteiger partial charge on any atom is -0.248 e. The van der Waals surface area contributed by atoms with E-state index >= 15 is 0 Å². The van der Waals surface area contributed by atoms with E-state index in [4.69, 9.17) is 4.98 Å². The van der Waals surface area contributed by atoms with E-state index in [1.165, 1.54) is 93.2 Å². The number of hydrogen-bond donors (Lipinski definition) is 0. The normalized spacial score (nSPS) is 11.5. The predicted octanol–water partition coefficient (Wildman–Crippen LogP) is 15.0. The second-order valence-corrected chi connectivity index (χ2v) is 14.8. The zero-order valence-corrected chi connectivity index (χ0v) is 31.3. The van der Waals surface area contributed by atoms with Crippen LogP contribution in [0.3, 0.4) is 0 Å². The van der Waals surface area contributed by atoms with E-state index in [2.05, 4.69) is 203 Å². The number of benzene rings is 9. The highest BCUT2D eigenvalue weighted by molar-refractivity contribution is 6.24. The summed E-state index contributed by atoms with van der Waals surface area (Å²) in [6, 6.07) is 66.5. The maximum absolute atomic E-state index is 5.25. The van der Waals surface area contributed by atoms with Crippen LogP contribution in [0.15, 0.2) is 182 Å². The summed E-state index contributed by atoms with van der Waals surface area (Å²) in [6.45, 7) is 6.66. The maximum Gasteiger partial charge on any atom is 0.0715 e. The molecule has 260 valence electrons. The van der Waals surface area contributed by atoms with Gasteiger partial charge in [0.1, 0.15) is 0 Å². The largest absolute Gasteiger partial charge is 0.248 e. The Labute approximate surface area is 322 Å². The van der Waals surface area contributed by atoms with E-state index in [9.17, 15) is 0 Å². The maximum atomic E-state index is 5.25. The zero-order valence-electron chi connectivity index (χ0n) is 31.3. The standard InChI is InChI=1S/C54H39N/c1-34-31-35(2)52(36(3)32-34)44-27-12-25-42-41(44)24-13-28-45(42)54-48-22-8-6-20-46(48)53(47-21-7-9-23-49(47)54)39-18-10-17-38(33-39)50-29-14-30-51(55-50)43-26-11-16-37-15-4-5-19-40(37)43/h4-33H,1-3H3. The number of hydrogen-bond acceptors (Lipinski definition) is 1. The lowest BCUT2D eigenvalue weighted by atomic mass is 9.83. The Morgan fingerprint density at radius 1 is 0.309 bits per heavy atom. The highest BCUT2D eigenvalue weighted by atomic mass is 14.7. The molecule has 0 aliphatic rings. The molecule has 0 atom stereocenters. The molecule has 0 N–H and O–H groups in total. The fraction of sp³-hybridized carbons (Fsp3) is 0.0556. The van der Waals surface area contributed by atoms with Crippen LogP contribution in [-0.2, 0) is 0 Å². The molecule has 0 amide bonds. The first-order chi connectivity index (χ1) is 27.0. The Hall–Kier alpha value is -6.83. The van der Waals surface area contributed by atoms with Gasteiger partial charge in [-0.25, -0.2) is 4.98 Å². The van der Waals surface area contributed by atoms with Crippen molar-refractivity contribution in [3.05, 3.63) is 199 Å². The summed E-state index contributed by atoms with van der Waals surface area (Å²) in [5.41, 5.74) is 15.7. The summed E-state index contributed by atoms with van der Waals surface area (Å²) in [5, 5.41) is 9.95. The lowest BCUT2D eigenvalue weighted by Gasteiger charge is -2.20. The molecule has 9 aromatic carbocycles. The predicted molar refractivity (Wildman–Crippen MR) is 236 cm³/mol. The van der Waals surface area contributed by atoms with Crippen LogP contribution >= 0.6 is 0 Å². The third kappa shape index (κ3) is 5.51. The van der Waals surface area contributed by atoms with Crippen LogP contribution in [0.5, 0.6) is 0 Å². The van der Waals surface area contributed by atoms with Gasteiger partial charge in [-0.3, -0.25) is 0 Å². The van der Waals surface area contributed by atoms with Crippen molar-refractivity contribution in [2.75, 3.05) is 0 Å². The van der Waals surface area contributed by atoms with Gasteiger partial charge in [-0.2, -0.15) is 0 Å². The first kappa shape index (κ1) is 32.8. The van der Waals surface area contributed by atoms with Crippen LogP contribution in [0.4, 0.5) is 0 Å². The summed E-state index contributed by atoms with van der Waals surface area (Å²) in [6.07, 6.45) is 0. The van der Waals surface area contributed by atoms with Crippen LogP contribution in [-0.4, -0.2) is 4.98 Å². The monoisotopic (exact) mass is 701 g/mol. The number of aryl methyl sites for hydroxylation is 3. The Bertz CT molecular complexity index is 3040. The molecule has 0 saturated heterocycles. The highest BCUT2D eigenvalue weighted by Crippen LogP contribution is 2.47. The minimum atomic E-state index is 0.961. The number of pyridine rings is 1. The number of rotatable bonds is 5. The van der Waals surface area contributed by atoms with Crippen molar-refractivity contribution < 1.29 is 0 Å². The third-order valence-corrected chi connectivity index (χ3v) is 11.3. The molecule has 0 aliphatic heterocycles. The van der Waals surface area contributed by atoms with Crippen LogP contribution in [0.25, 0.3) is 99.0 Å². The Morgan fingerprint density at radius 2 is 0.764 bits per heavy atom. The van der Waals surface area contributed by atoms with Gasteiger partial charge in [-0.05, 0) is 127 Å². The van der Waals surface area contributed by atoms with Gasteiger partial charge in [0.15, 0.2) is 0 Å². The molecule has 10 rings (SSSR count). The van der Waals surface area contributed by atoms with E-state index in [0.717, 1.165) is 22.5 Å². The van der Waals surface area contributed by atoms with Gasteiger partial charge >= 0.3 is 0 Å². The quantitative estimate of drug-likeness (QED) is 0.163. The van der Waals surface area contributed by atoms with Crippen molar-refractivity contribution in [3.8, 4) is 55.9 Å². The molecule has 0 unspecified atom stereocenters. The molecule has 1 aromatic heterocycles. The molecule has 1 nitrogen and oxygen atoms in total. The zero-order chi connectivity index (χ0) is 37.0. The summed E-state index contributed by atoms with van der Waals surface area (Å²) >= 11 is 0. The van der Waals surface area contributed by atoms with Crippen LogP contribution in [0, 0.1) is 20.8 Å². The van der Waals surface area contributed by atoms with Crippen molar-refractivity contribution in [3.63, 3.8) is 0 Å². The van der Waals surface area contributed by atoms with Crippen LogP contribution in [0.2, 0.25) is 0 Å².